The minimum Gasteiger partial charge on any atom is -0.357 e. The van der Waals surface area contributed by atoms with Crippen molar-refractivity contribution in [3.63, 3.8) is 0 Å². The molecule has 0 fully saturated rings. The second-order valence-electron chi connectivity index (χ2n) is 4.62. The molecule has 126 valence electrons. The van der Waals surface area contributed by atoms with E-state index in [2.05, 4.69) is 25.7 Å². The van der Waals surface area contributed by atoms with Crippen molar-refractivity contribution in [3.8, 4) is 0 Å². The standard InChI is InChI=1S/C13H17F3N6S/c1-3-17-12(18-6-9-4-5-20-22(9)2)19-7-11-21-10(8-23-11)13(14,15)16/h4-5,8H,3,6-7H2,1-2H3,(H2,17,18,19). The van der Waals surface area contributed by atoms with Gasteiger partial charge >= 0.3 is 6.18 Å². The van der Waals surface area contributed by atoms with Crippen LogP contribution in [0, 0.1) is 0 Å². The molecule has 0 bridgehead atoms. The maximum absolute atomic E-state index is 12.5. The zero-order chi connectivity index (χ0) is 16.9. The summed E-state index contributed by atoms with van der Waals surface area (Å²) in [5.74, 6) is 0.512. The van der Waals surface area contributed by atoms with Crippen molar-refractivity contribution < 1.29 is 13.2 Å². The molecular formula is C13H17F3N6S. The number of hydrogen-bond acceptors (Lipinski definition) is 4. The first-order valence-corrected chi connectivity index (χ1v) is 7.78. The lowest BCUT2D eigenvalue weighted by molar-refractivity contribution is -0.140. The van der Waals surface area contributed by atoms with Gasteiger partial charge in [0.15, 0.2) is 11.7 Å². The van der Waals surface area contributed by atoms with Gasteiger partial charge in [0.2, 0.25) is 0 Å². The van der Waals surface area contributed by atoms with Gasteiger partial charge in [-0.15, -0.1) is 11.3 Å². The van der Waals surface area contributed by atoms with Crippen LogP contribution in [0.2, 0.25) is 0 Å². The van der Waals surface area contributed by atoms with Gasteiger partial charge < -0.3 is 10.6 Å². The molecular weight excluding hydrogens is 329 g/mol. The Bertz CT molecular complexity index is 661. The van der Waals surface area contributed by atoms with Crippen molar-refractivity contribution in [1.82, 2.24) is 25.4 Å². The Balaban J connectivity index is 1.96. The van der Waals surface area contributed by atoms with Gasteiger partial charge in [-0.1, -0.05) is 0 Å². The van der Waals surface area contributed by atoms with Crippen LogP contribution < -0.4 is 10.6 Å². The summed E-state index contributed by atoms with van der Waals surface area (Å²) in [6, 6.07) is 1.85. The van der Waals surface area contributed by atoms with Gasteiger partial charge in [-0.25, -0.2) is 9.98 Å². The number of hydrogen-bond donors (Lipinski definition) is 2. The smallest absolute Gasteiger partial charge is 0.357 e. The van der Waals surface area contributed by atoms with Crippen LogP contribution in [-0.4, -0.2) is 27.3 Å². The van der Waals surface area contributed by atoms with Crippen molar-refractivity contribution in [2.75, 3.05) is 6.54 Å². The molecule has 0 atom stereocenters. The third-order valence-corrected chi connectivity index (χ3v) is 3.76. The van der Waals surface area contributed by atoms with E-state index < -0.39 is 11.9 Å². The largest absolute Gasteiger partial charge is 0.434 e. The zero-order valence-corrected chi connectivity index (χ0v) is 13.5. The van der Waals surface area contributed by atoms with Gasteiger partial charge in [0.1, 0.15) is 5.01 Å². The number of guanidine groups is 1. The highest BCUT2D eigenvalue weighted by Gasteiger charge is 2.33. The number of thiazole rings is 1. The average molecular weight is 346 g/mol. The number of alkyl halides is 3. The van der Waals surface area contributed by atoms with Gasteiger partial charge in [-0.2, -0.15) is 18.3 Å². The number of aryl methyl sites for hydroxylation is 1. The van der Waals surface area contributed by atoms with Gasteiger partial charge in [0.25, 0.3) is 0 Å². The highest BCUT2D eigenvalue weighted by Crippen LogP contribution is 2.29. The Labute approximate surface area is 135 Å². The van der Waals surface area contributed by atoms with Gasteiger partial charge in [-0.3, -0.25) is 4.68 Å². The lowest BCUT2D eigenvalue weighted by Gasteiger charge is -2.10. The fraction of sp³-hybridized carbons (Fsp3) is 0.462. The fourth-order valence-corrected chi connectivity index (χ4v) is 2.48. The first-order valence-electron chi connectivity index (χ1n) is 6.90. The maximum Gasteiger partial charge on any atom is 0.434 e. The zero-order valence-electron chi connectivity index (χ0n) is 12.7. The van der Waals surface area contributed by atoms with E-state index in [-0.39, 0.29) is 6.54 Å². The lowest BCUT2D eigenvalue weighted by atomic mass is 10.4. The van der Waals surface area contributed by atoms with Crippen LogP contribution in [0.3, 0.4) is 0 Å². The van der Waals surface area contributed by atoms with E-state index in [0.717, 1.165) is 22.4 Å². The summed E-state index contributed by atoms with van der Waals surface area (Å²) in [6.45, 7) is 3.14. The topological polar surface area (TPSA) is 67.1 Å². The molecule has 0 aliphatic rings. The highest BCUT2D eigenvalue weighted by atomic mass is 32.1. The van der Waals surface area contributed by atoms with Gasteiger partial charge in [-0.05, 0) is 13.0 Å². The van der Waals surface area contributed by atoms with E-state index in [1.54, 1.807) is 10.9 Å². The van der Waals surface area contributed by atoms with Gasteiger partial charge in [0.05, 0.1) is 18.8 Å². The molecule has 0 spiro atoms. The quantitative estimate of drug-likeness (QED) is 0.643. The summed E-state index contributed by atoms with van der Waals surface area (Å²) in [7, 11) is 1.82. The number of nitrogens with one attached hydrogen (secondary N) is 2. The molecule has 0 aromatic carbocycles. The number of halogens is 3. The monoisotopic (exact) mass is 346 g/mol. The molecule has 23 heavy (non-hydrogen) atoms. The first-order chi connectivity index (χ1) is 10.9. The van der Waals surface area contributed by atoms with E-state index in [0.29, 0.717) is 24.1 Å². The third kappa shape index (κ3) is 4.95. The Kier molecular flexibility index (Phi) is 5.59. The second kappa shape index (κ2) is 7.44. The highest BCUT2D eigenvalue weighted by molar-refractivity contribution is 7.09. The van der Waals surface area contributed by atoms with E-state index in [1.165, 1.54) is 0 Å². The fourth-order valence-electron chi connectivity index (χ4n) is 1.74. The molecule has 2 heterocycles. The summed E-state index contributed by atoms with van der Waals surface area (Å²) < 4.78 is 39.3. The summed E-state index contributed by atoms with van der Waals surface area (Å²) >= 11 is 0.964. The molecule has 0 aliphatic heterocycles. The molecule has 0 aliphatic carbocycles. The van der Waals surface area contributed by atoms with Crippen LogP contribution in [0.15, 0.2) is 22.6 Å². The van der Waals surface area contributed by atoms with Crippen LogP contribution >= 0.6 is 11.3 Å². The number of aromatic nitrogens is 3. The minimum absolute atomic E-state index is 0.179. The molecule has 0 unspecified atom stereocenters. The van der Waals surface area contributed by atoms with Crippen LogP contribution in [0.5, 0.6) is 0 Å². The van der Waals surface area contributed by atoms with Crippen LogP contribution in [0.1, 0.15) is 23.3 Å². The Morgan fingerprint density at radius 3 is 2.74 bits per heavy atom. The molecule has 2 aromatic rings. The van der Waals surface area contributed by atoms with E-state index in [4.69, 9.17) is 0 Å². The lowest BCUT2D eigenvalue weighted by Crippen LogP contribution is -2.36. The Hall–Kier alpha value is -2.10. The predicted molar refractivity (Wildman–Crippen MR) is 82.0 cm³/mol. The van der Waals surface area contributed by atoms with Crippen LogP contribution in [0.25, 0.3) is 0 Å². The average Bonchev–Trinajstić information content (AvgIpc) is 3.10. The molecule has 10 heteroatoms. The predicted octanol–water partition coefficient (Wildman–Crippen LogP) is 2.15. The third-order valence-electron chi connectivity index (χ3n) is 2.92. The summed E-state index contributed by atoms with van der Waals surface area (Å²) in [5.41, 5.74) is 0.0620. The van der Waals surface area contributed by atoms with Crippen molar-refractivity contribution >= 4 is 17.3 Å². The minimum atomic E-state index is -4.41. The van der Waals surface area contributed by atoms with E-state index in [9.17, 15) is 13.2 Å². The molecule has 2 rings (SSSR count). The van der Waals surface area contributed by atoms with Crippen molar-refractivity contribution in [2.24, 2.45) is 12.0 Å². The van der Waals surface area contributed by atoms with Crippen molar-refractivity contribution in [3.05, 3.63) is 34.0 Å². The molecule has 6 nitrogen and oxygen atoms in total. The second-order valence-corrected chi connectivity index (χ2v) is 5.56. The summed E-state index contributed by atoms with van der Waals surface area (Å²) in [4.78, 5) is 7.95. The van der Waals surface area contributed by atoms with Crippen LogP contribution in [0.4, 0.5) is 13.2 Å². The number of aliphatic imine (C=N–C) groups is 1. The number of nitrogens with zero attached hydrogens (tertiary/aromatic N) is 4. The SMILES string of the molecule is CCNC(=NCc1ccnn1C)NCc1nc(C(F)(F)F)cs1. The summed E-state index contributed by atoms with van der Waals surface area (Å²) in [5, 5.41) is 11.4. The Morgan fingerprint density at radius 2 is 2.17 bits per heavy atom. The van der Waals surface area contributed by atoms with Crippen molar-refractivity contribution in [2.45, 2.75) is 26.2 Å². The number of rotatable bonds is 5. The maximum atomic E-state index is 12.5. The van der Waals surface area contributed by atoms with E-state index >= 15 is 0 Å². The molecule has 0 saturated heterocycles. The first kappa shape index (κ1) is 17.3. The molecule has 2 aromatic heterocycles. The molecule has 2 N–H and O–H groups in total. The van der Waals surface area contributed by atoms with Gasteiger partial charge in [0, 0.05) is 25.2 Å². The normalized spacial score (nSPS) is 12.5. The Morgan fingerprint density at radius 1 is 1.39 bits per heavy atom. The molecule has 0 amide bonds. The molecule has 0 radical (unpaired) electrons. The van der Waals surface area contributed by atoms with E-state index in [1.807, 2.05) is 20.0 Å². The van der Waals surface area contributed by atoms with Crippen LogP contribution in [-0.2, 0) is 26.3 Å². The van der Waals surface area contributed by atoms with Crippen molar-refractivity contribution in [1.29, 1.82) is 0 Å². The summed E-state index contributed by atoms with van der Waals surface area (Å²) in [6.07, 6.45) is -2.73. The molecule has 0 saturated carbocycles.